The standard InChI is InChI=1S/C21H25F3N4O4S/c1-32-17-8-6-16(7-9-17)27-11-13-28(14-12-27)33(30,31)15-10-25-20(29)26-19-5-3-2-4-18(19)21(22,23)24/h2-9H,10-15H2,1H3,(H2,25,26,29). The number of benzene rings is 2. The van der Waals surface area contributed by atoms with Gasteiger partial charge in [-0.15, -0.1) is 0 Å². The van der Waals surface area contributed by atoms with Gasteiger partial charge in [-0.1, -0.05) is 12.1 Å². The second kappa shape index (κ2) is 10.3. The Morgan fingerprint density at radius 3 is 2.27 bits per heavy atom. The Morgan fingerprint density at radius 2 is 1.67 bits per heavy atom. The van der Waals surface area contributed by atoms with Gasteiger partial charge in [-0.2, -0.15) is 17.5 Å². The van der Waals surface area contributed by atoms with E-state index in [1.54, 1.807) is 7.11 Å². The summed E-state index contributed by atoms with van der Waals surface area (Å²) in [7, 11) is -2.05. The molecule has 0 unspecified atom stereocenters. The number of alkyl halides is 3. The zero-order valence-corrected chi connectivity index (χ0v) is 18.7. The second-order valence-electron chi connectivity index (χ2n) is 7.32. The van der Waals surface area contributed by atoms with E-state index in [1.165, 1.54) is 16.4 Å². The molecule has 0 saturated carbocycles. The number of halogens is 3. The number of piperazine rings is 1. The number of nitrogens with zero attached hydrogens (tertiary/aromatic N) is 2. The average molecular weight is 487 g/mol. The number of nitrogens with one attached hydrogen (secondary N) is 2. The minimum absolute atomic E-state index is 0.235. The smallest absolute Gasteiger partial charge is 0.418 e. The molecule has 3 rings (SSSR count). The molecule has 2 aromatic carbocycles. The van der Waals surface area contributed by atoms with Crippen LogP contribution in [0.3, 0.4) is 0 Å². The Hall–Kier alpha value is -2.99. The Labute approximate surface area is 190 Å². The van der Waals surface area contributed by atoms with E-state index in [4.69, 9.17) is 4.74 Å². The van der Waals surface area contributed by atoms with Crippen LogP contribution in [0, 0.1) is 0 Å². The highest BCUT2D eigenvalue weighted by molar-refractivity contribution is 7.89. The summed E-state index contributed by atoms with van der Waals surface area (Å²) in [4.78, 5) is 14.1. The Kier molecular flexibility index (Phi) is 7.69. The largest absolute Gasteiger partial charge is 0.497 e. The monoisotopic (exact) mass is 486 g/mol. The van der Waals surface area contributed by atoms with Gasteiger partial charge < -0.3 is 20.3 Å². The molecule has 1 aliphatic rings. The van der Waals surface area contributed by atoms with Gasteiger partial charge in [0.1, 0.15) is 5.75 Å². The summed E-state index contributed by atoms with van der Waals surface area (Å²) in [5.41, 5.74) is -0.423. The first-order valence-corrected chi connectivity index (χ1v) is 11.8. The summed E-state index contributed by atoms with van der Waals surface area (Å²) in [6, 6.07) is 11.1. The molecule has 33 heavy (non-hydrogen) atoms. The molecule has 1 heterocycles. The molecule has 0 aliphatic carbocycles. The number of amides is 2. The Morgan fingerprint density at radius 1 is 1.03 bits per heavy atom. The maximum absolute atomic E-state index is 13.0. The molecule has 12 heteroatoms. The zero-order chi connectivity index (χ0) is 24.1. The third-order valence-electron chi connectivity index (χ3n) is 5.20. The number of para-hydroxylation sites is 1. The first kappa shape index (κ1) is 24.6. The lowest BCUT2D eigenvalue weighted by atomic mass is 10.1. The van der Waals surface area contributed by atoms with Crippen molar-refractivity contribution in [3.8, 4) is 5.75 Å². The molecule has 2 aromatic rings. The highest BCUT2D eigenvalue weighted by Crippen LogP contribution is 2.34. The number of urea groups is 1. The number of rotatable bonds is 7. The lowest BCUT2D eigenvalue weighted by Crippen LogP contribution is -2.50. The van der Waals surface area contributed by atoms with Crippen molar-refractivity contribution in [1.29, 1.82) is 0 Å². The number of ether oxygens (including phenoxy) is 1. The van der Waals surface area contributed by atoms with E-state index in [-0.39, 0.29) is 12.3 Å². The third-order valence-corrected chi connectivity index (χ3v) is 7.07. The van der Waals surface area contributed by atoms with Crippen LogP contribution in [-0.2, 0) is 16.2 Å². The minimum Gasteiger partial charge on any atom is -0.497 e. The van der Waals surface area contributed by atoms with Crippen LogP contribution in [0.15, 0.2) is 48.5 Å². The number of carbonyl (C=O) groups is 1. The molecule has 2 amide bonds. The number of hydrogen-bond acceptors (Lipinski definition) is 5. The first-order valence-electron chi connectivity index (χ1n) is 10.2. The lowest BCUT2D eigenvalue weighted by molar-refractivity contribution is -0.136. The number of sulfonamides is 1. The molecule has 1 aliphatic heterocycles. The van der Waals surface area contributed by atoms with Crippen LogP contribution in [0.4, 0.5) is 29.3 Å². The molecule has 1 fully saturated rings. The summed E-state index contributed by atoms with van der Waals surface area (Å²) >= 11 is 0. The predicted octanol–water partition coefficient (Wildman–Crippen LogP) is 2.99. The number of hydrogen-bond donors (Lipinski definition) is 2. The van der Waals surface area contributed by atoms with E-state index in [0.717, 1.165) is 23.6 Å². The van der Waals surface area contributed by atoms with Gasteiger partial charge in [-0.25, -0.2) is 13.2 Å². The normalized spacial score (nSPS) is 15.2. The predicted molar refractivity (Wildman–Crippen MR) is 119 cm³/mol. The molecule has 0 aromatic heterocycles. The second-order valence-corrected chi connectivity index (χ2v) is 9.41. The van der Waals surface area contributed by atoms with Crippen LogP contribution in [0.1, 0.15) is 5.56 Å². The van der Waals surface area contributed by atoms with Gasteiger partial charge in [0.05, 0.1) is 24.1 Å². The Balaban J connectivity index is 1.47. The minimum atomic E-state index is -4.62. The van der Waals surface area contributed by atoms with Crippen molar-refractivity contribution in [3.05, 3.63) is 54.1 Å². The van der Waals surface area contributed by atoms with Gasteiger partial charge in [-0.3, -0.25) is 0 Å². The number of methoxy groups -OCH3 is 1. The van der Waals surface area contributed by atoms with Crippen LogP contribution in [0.2, 0.25) is 0 Å². The van der Waals surface area contributed by atoms with Crippen molar-refractivity contribution in [2.24, 2.45) is 0 Å². The van der Waals surface area contributed by atoms with Crippen molar-refractivity contribution >= 4 is 27.4 Å². The fraction of sp³-hybridized carbons (Fsp3) is 0.381. The van der Waals surface area contributed by atoms with E-state index in [9.17, 15) is 26.4 Å². The maximum Gasteiger partial charge on any atom is 0.418 e. The molecule has 2 N–H and O–H groups in total. The van der Waals surface area contributed by atoms with Crippen molar-refractivity contribution < 1.29 is 31.1 Å². The van der Waals surface area contributed by atoms with E-state index < -0.39 is 33.5 Å². The van der Waals surface area contributed by atoms with Crippen molar-refractivity contribution in [3.63, 3.8) is 0 Å². The highest BCUT2D eigenvalue weighted by atomic mass is 32.2. The molecule has 0 atom stereocenters. The van der Waals surface area contributed by atoms with Gasteiger partial charge >= 0.3 is 12.2 Å². The van der Waals surface area contributed by atoms with Crippen LogP contribution in [0.25, 0.3) is 0 Å². The van der Waals surface area contributed by atoms with Gasteiger partial charge in [0.2, 0.25) is 10.0 Å². The molecule has 180 valence electrons. The van der Waals surface area contributed by atoms with E-state index in [0.29, 0.717) is 26.2 Å². The third kappa shape index (κ3) is 6.51. The maximum atomic E-state index is 13.0. The molecule has 0 spiro atoms. The summed E-state index contributed by atoms with van der Waals surface area (Å²) in [6.45, 7) is 1.36. The summed E-state index contributed by atoms with van der Waals surface area (Å²) < 4.78 is 70.8. The number of anilines is 2. The number of carbonyl (C=O) groups excluding carboxylic acids is 1. The highest BCUT2D eigenvalue weighted by Gasteiger charge is 2.33. The molecular weight excluding hydrogens is 461 g/mol. The molecule has 1 saturated heterocycles. The Bertz CT molecular complexity index is 1050. The van der Waals surface area contributed by atoms with Gasteiger partial charge in [-0.05, 0) is 36.4 Å². The quantitative estimate of drug-likeness (QED) is 0.628. The summed E-state index contributed by atoms with van der Waals surface area (Å²) in [5.74, 6) is 0.377. The van der Waals surface area contributed by atoms with Crippen molar-refractivity contribution in [2.75, 3.05) is 55.8 Å². The van der Waals surface area contributed by atoms with E-state index in [1.807, 2.05) is 24.3 Å². The topological polar surface area (TPSA) is 91.0 Å². The van der Waals surface area contributed by atoms with Crippen molar-refractivity contribution in [1.82, 2.24) is 9.62 Å². The summed E-state index contributed by atoms with van der Waals surface area (Å²) in [5, 5.41) is 4.43. The van der Waals surface area contributed by atoms with Crippen LogP contribution >= 0.6 is 0 Å². The van der Waals surface area contributed by atoms with Crippen LogP contribution < -0.4 is 20.3 Å². The van der Waals surface area contributed by atoms with Gasteiger partial charge in [0.15, 0.2) is 0 Å². The van der Waals surface area contributed by atoms with Gasteiger partial charge in [0.25, 0.3) is 0 Å². The fourth-order valence-corrected chi connectivity index (χ4v) is 4.78. The van der Waals surface area contributed by atoms with Crippen LogP contribution in [0.5, 0.6) is 5.75 Å². The SMILES string of the molecule is COc1ccc(N2CCN(S(=O)(=O)CCNC(=O)Nc3ccccc3C(F)(F)F)CC2)cc1. The fourth-order valence-electron chi connectivity index (χ4n) is 3.45. The van der Waals surface area contributed by atoms with Crippen molar-refractivity contribution in [2.45, 2.75) is 6.18 Å². The summed E-state index contributed by atoms with van der Waals surface area (Å²) in [6.07, 6.45) is -4.62. The van der Waals surface area contributed by atoms with E-state index in [2.05, 4.69) is 15.5 Å². The zero-order valence-electron chi connectivity index (χ0n) is 17.9. The molecule has 0 bridgehead atoms. The first-order chi connectivity index (χ1) is 15.6. The molecular formula is C21H25F3N4O4S. The molecule has 0 radical (unpaired) electrons. The van der Waals surface area contributed by atoms with E-state index >= 15 is 0 Å². The molecule has 8 nitrogen and oxygen atoms in total. The van der Waals surface area contributed by atoms with Crippen LogP contribution in [-0.4, -0.2) is 64.3 Å². The lowest BCUT2D eigenvalue weighted by Gasteiger charge is -2.35. The van der Waals surface area contributed by atoms with Gasteiger partial charge in [0, 0.05) is 38.4 Å². The average Bonchev–Trinajstić information content (AvgIpc) is 2.79.